The average Bonchev–Trinajstić information content (AvgIpc) is 2.63. The number of piperazine rings is 1. The van der Waals surface area contributed by atoms with Crippen molar-refractivity contribution >= 4 is 21.6 Å². The molecule has 3 rings (SSSR count). The molecule has 0 aliphatic carbocycles. The second-order valence-corrected chi connectivity index (χ2v) is 8.24. The molecule has 1 aliphatic rings. The molecule has 5 nitrogen and oxygen atoms in total. The second kappa shape index (κ2) is 7.74. The van der Waals surface area contributed by atoms with Crippen LogP contribution in [0.5, 0.6) is 5.75 Å². The van der Waals surface area contributed by atoms with Crippen LogP contribution in [0.25, 0.3) is 0 Å². The molecular formula is C18H21ClN2O3S. The largest absolute Gasteiger partial charge is 0.496 e. The van der Waals surface area contributed by atoms with E-state index in [0.717, 1.165) is 17.9 Å². The molecule has 0 N–H and O–H groups in total. The quantitative estimate of drug-likeness (QED) is 0.800. The lowest BCUT2D eigenvalue weighted by molar-refractivity contribution is 0.180. The van der Waals surface area contributed by atoms with Gasteiger partial charge in [0.2, 0.25) is 10.0 Å². The van der Waals surface area contributed by atoms with Crippen LogP contribution in [0, 0.1) is 0 Å². The van der Waals surface area contributed by atoms with Crippen LogP contribution in [0.1, 0.15) is 5.56 Å². The number of sulfonamides is 1. The van der Waals surface area contributed by atoms with Gasteiger partial charge in [-0.05, 0) is 18.2 Å². The van der Waals surface area contributed by atoms with Crippen molar-refractivity contribution in [3.63, 3.8) is 0 Å². The summed E-state index contributed by atoms with van der Waals surface area (Å²) in [6.45, 7) is 2.97. The lowest BCUT2D eigenvalue weighted by Crippen LogP contribution is -2.48. The maximum absolute atomic E-state index is 12.8. The molecule has 1 saturated heterocycles. The molecule has 0 saturated carbocycles. The number of nitrogens with zero attached hydrogens (tertiary/aromatic N) is 2. The zero-order valence-electron chi connectivity index (χ0n) is 14.1. The van der Waals surface area contributed by atoms with Crippen molar-refractivity contribution in [2.24, 2.45) is 0 Å². The van der Waals surface area contributed by atoms with E-state index in [1.165, 1.54) is 4.31 Å². The Hall–Kier alpha value is -1.60. The topological polar surface area (TPSA) is 49.9 Å². The molecule has 7 heteroatoms. The van der Waals surface area contributed by atoms with E-state index < -0.39 is 10.0 Å². The third-order valence-corrected chi connectivity index (χ3v) is 6.77. The van der Waals surface area contributed by atoms with Gasteiger partial charge in [-0.3, -0.25) is 4.90 Å². The molecule has 0 amide bonds. The second-order valence-electron chi connectivity index (χ2n) is 5.92. The normalized spacial score (nSPS) is 16.7. The number of benzene rings is 2. The Labute approximate surface area is 153 Å². The van der Waals surface area contributed by atoms with Gasteiger partial charge in [0.1, 0.15) is 10.6 Å². The summed E-state index contributed by atoms with van der Waals surface area (Å²) in [5.41, 5.74) is 1.10. The molecule has 0 aromatic heterocycles. The van der Waals surface area contributed by atoms with Gasteiger partial charge in [-0.25, -0.2) is 8.42 Å². The highest BCUT2D eigenvalue weighted by molar-refractivity contribution is 7.89. The number of hydrogen-bond donors (Lipinski definition) is 0. The maximum atomic E-state index is 12.8. The first kappa shape index (κ1) is 18.2. The molecule has 25 heavy (non-hydrogen) atoms. The van der Waals surface area contributed by atoms with E-state index in [1.54, 1.807) is 31.4 Å². The zero-order chi connectivity index (χ0) is 17.9. The van der Waals surface area contributed by atoms with Crippen molar-refractivity contribution in [2.75, 3.05) is 33.3 Å². The van der Waals surface area contributed by atoms with Crippen LogP contribution >= 0.6 is 11.6 Å². The monoisotopic (exact) mass is 380 g/mol. The van der Waals surface area contributed by atoms with E-state index in [2.05, 4.69) is 4.90 Å². The number of para-hydroxylation sites is 1. The summed E-state index contributed by atoms with van der Waals surface area (Å²) in [6, 6.07) is 14.5. The molecule has 0 spiro atoms. The van der Waals surface area contributed by atoms with E-state index in [-0.39, 0.29) is 9.92 Å². The van der Waals surface area contributed by atoms with E-state index in [9.17, 15) is 8.42 Å². The molecule has 2 aromatic carbocycles. The first-order chi connectivity index (χ1) is 12.0. The Morgan fingerprint density at radius 2 is 1.64 bits per heavy atom. The summed E-state index contributed by atoms with van der Waals surface area (Å²) in [6.07, 6.45) is 0. The van der Waals surface area contributed by atoms with E-state index in [0.29, 0.717) is 26.2 Å². The van der Waals surface area contributed by atoms with Crippen molar-refractivity contribution in [3.05, 3.63) is 59.1 Å². The highest BCUT2D eigenvalue weighted by atomic mass is 35.5. The molecule has 0 atom stereocenters. The fraction of sp³-hybridized carbons (Fsp3) is 0.333. The van der Waals surface area contributed by atoms with Gasteiger partial charge in [0.15, 0.2) is 0 Å². The van der Waals surface area contributed by atoms with Crippen LogP contribution in [-0.2, 0) is 16.6 Å². The fourth-order valence-electron chi connectivity index (χ4n) is 3.00. The van der Waals surface area contributed by atoms with E-state index in [4.69, 9.17) is 16.3 Å². The Morgan fingerprint density at radius 1 is 1.00 bits per heavy atom. The number of methoxy groups -OCH3 is 1. The van der Waals surface area contributed by atoms with Crippen LogP contribution in [0.2, 0.25) is 5.02 Å². The van der Waals surface area contributed by atoms with Gasteiger partial charge in [-0.1, -0.05) is 41.9 Å². The minimum Gasteiger partial charge on any atom is -0.496 e. The standard InChI is InChI=1S/C18H21ClN2O3S/c1-24-17-8-4-2-6-15(17)14-20-10-12-21(13-11-20)25(22,23)18-9-5-3-7-16(18)19/h2-9H,10-14H2,1H3. The minimum absolute atomic E-state index is 0.176. The van der Waals surface area contributed by atoms with Gasteiger partial charge < -0.3 is 4.74 Å². The molecule has 0 unspecified atom stereocenters. The molecule has 134 valence electrons. The summed E-state index contributed by atoms with van der Waals surface area (Å²) < 4.78 is 32.4. The van der Waals surface area contributed by atoms with Gasteiger partial charge in [0, 0.05) is 38.3 Å². The average molecular weight is 381 g/mol. The fourth-order valence-corrected chi connectivity index (χ4v) is 4.91. The van der Waals surface area contributed by atoms with E-state index in [1.807, 2.05) is 24.3 Å². The smallest absolute Gasteiger partial charge is 0.244 e. The number of halogens is 1. The molecule has 1 fully saturated rings. The van der Waals surface area contributed by atoms with Crippen molar-refractivity contribution in [1.29, 1.82) is 0 Å². The first-order valence-corrected chi connectivity index (χ1v) is 9.93. The summed E-state index contributed by atoms with van der Waals surface area (Å²) >= 11 is 6.07. The molecule has 0 bridgehead atoms. The van der Waals surface area contributed by atoms with Gasteiger partial charge in [0.25, 0.3) is 0 Å². The van der Waals surface area contributed by atoms with Crippen molar-refractivity contribution < 1.29 is 13.2 Å². The van der Waals surface area contributed by atoms with Gasteiger partial charge >= 0.3 is 0 Å². The van der Waals surface area contributed by atoms with Gasteiger partial charge in [-0.2, -0.15) is 4.31 Å². The number of ether oxygens (including phenoxy) is 1. The minimum atomic E-state index is -3.55. The summed E-state index contributed by atoms with van der Waals surface area (Å²) in [5, 5.41) is 0.263. The SMILES string of the molecule is COc1ccccc1CN1CCN(S(=O)(=O)c2ccccc2Cl)CC1. The van der Waals surface area contributed by atoms with Gasteiger partial charge in [0.05, 0.1) is 12.1 Å². The maximum Gasteiger partial charge on any atom is 0.244 e. The van der Waals surface area contributed by atoms with Crippen molar-refractivity contribution in [2.45, 2.75) is 11.4 Å². The number of hydrogen-bond acceptors (Lipinski definition) is 4. The predicted molar refractivity (Wildman–Crippen MR) is 98.5 cm³/mol. The summed E-state index contributed by atoms with van der Waals surface area (Å²) in [5.74, 6) is 0.855. The highest BCUT2D eigenvalue weighted by Gasteiger charge is 2.30. The van der Waals surface area contributed by atoms with Crippen LogP contribution in [0.4, 0.5) is 0 Å². The third-order valence-electron chi connectivity index (χ3n) is 4.37. The third kappa shape index (κ3) is 3.98. The molecule has 1 heterocycles. The Kier molecular flexibility index (Phi) is 5.64. The summed E-state index contributed by atoms with van der Waals surface area (Å²) in [4.78, 5) is 2.41. The van der Waals surface area contributed by atoms with Crippen molar-refractivity contribution in [1.82, 2.24) is 9.21 Å². The van der Waals surface area contributed by atoms with Crippen molar-refractivity contribution in [3.8, 4) is 5.75 Å². The van der Waals surface area contributed by atoms with Gasteiger partial charge in [-0.15, -0.1) is 0 Å². The zero-order valence-corrected chi connectivity index (χ0v) is 15.6. The first-order valence-electron chi connectivity index (χ1n) is 8.11. The lowest BCUT2D eigenvalue weighted by atomic mass is 10.2. The van der Waals surface area contributed by atoms with Crippen LogP contribution in [0.15, 0.2) is 53.4 Å². The molecule has 0 radical (unpaired) electrons. The van der Waals surface area contributed by atoms with Crippen LogP contribution in [-0.4, -0.2) is 50.9 Å². The van der Waals surface area contributed by atoms with Crippen LogP contribution in [0.3, 0.4) is 0 Å². The highest BCUT2D eigenvalue weighted by Crippen LogP contribution is 2.26. The Bertz CT molecular complexity index is 834. The molecular weight excluding hydrogens is 360 g/mol. The Balaban J connectivity index is 1.67. The van der Waals surface area contributed by atoms with E-state index >= 15 is 0 Å². The lowest BCUT2D eigenvalue weighted by Gasteiger charge is -2.34. The molecule has 1 aliphatic heterocycles. The summed E-state index contributed by atoms with van der Waals surface area (Å²) in [7, 11) is -1.89. The number of rotatable bonds is 5. The Morgan fingerprint density at radius 3 is 2.32 bits per heavy atom. The molecule has 2 aromatic rings. The van der Waals surface area contributed by atoms with Crippen LogP contribution < -0.4 is 4.74 Å². The predicted octanol–water partition coefficient (Wildman–Crippen LogP) is 2.86.